The van der Waals surface area contributed by atoms with E-state index in [1.807, 2.05) is 0 Å². The second-order valence-electron chi connectivity index (χ2n) is 3.35. The lowest BCUT2D eigenvalue weighted by Gasteiger charge is -2.13. The fourth-order valence-corrected chi connectivity index (χ4v) is 2.19. The molecular weight excluding hydrogens is 232 g/mol. The summed E-state index contributed by atoms with van der Waals surface area (Å²) < 4.78 is 24.5. The summed E-state index contributed by atoms with van der Waals surface area (Å²) in [4.78, 5) is 10.6. The quantitative estimate of drug-likeness (QED) is 0.740. The summed E-state index contributed by atoms with van der Waals surface area (Å²) in [5.41, 5.74) is 5.29. The minimum atomic E-state index is -3.77. The van der Waals surface area contributed by atoms with E-state index in [4.69, 9.17) is 10.8 Å². The van der Waals surface area contributed by atoms with Crippen LogP contribution in [0.3, 0.4) is 0 Å². The van der Waals surface area contributed by atoms with Crippen LogP contribution in [0.15, 0.2) is 23.1 Å². The molecule has 0 radical (unpaired) electrons. The Balaban J connectivity index is 3.52. The van der Waals surface area contributed by atoms with Crippen molar-refractivity contribution in [1.29, 1.82) is 0 Å². The van der Waals surface area contributed by atoms with Gasteiger partial charge in [-0.2, -0.15) is 0 Å². The summed E-state index contributed by atoms with van der Waals surface area (Å²) in [7, 11) is -1.11. The van der Waals surface area contributed by atoms with Crippen molar-refractivity contribution in [3.63, 3.8) is 0 Å². The number of nitrogen functional groups attached to an aromatic ring is 1. The highest BCUT2D eigenvalue weighted by Crippen LogP contribution is 2.21. The van der Waals surface area contributed by atoms with E-state index in [1.54, 1.807) is 0 Å². The molecule has 1 aromatic rings. The molecule has 7 heteroatoms. The van der Waals surface area contributed by atoms with Gasteiger partial charge in [0.2, 0.25) is 10.0 Å². The van der Waals surface area contributed by atoms with Gasteiger partial charge in [-0.3, -0.25) is 0 Å². The minimum absolute atomic E-state index is 0.204. The van der Waals surface area contributed by atoms with Gasteiger partial charge in [-0.1, -0.05) is 0 Å². The van der Waals surface area contributed by atoms with Crippen LogP contribution in [-0.4, -0.2) is 37.9 Å². The predicted octanol–water partition coefficient (Wildman–Crippen LogP) is 0.217. The van der Waals surface area contributed by atoms with Crippen molar-refractivity contribution in [2.24, 2.45) is 0 Å². The number of aromatic carboxylic acids is 1. The fraction of sp³-hybridized carbons (Fsp3) is 0.222. The first kappa shape index (κ1) is 12.5. The second kappa shape index (κ2) is 4.11. The minimum Gasteiger partial charge on any atom is -0.478 e. The van der Waals surface area contributed by atoms with Crippen LogP contribution in [0.1, 0.15) is 10.4 Å². The topological polar surface area (TPSA) is 101 Å². The molecule has 0 unspecified atom stereocenters. The summed E-state index contributed by atoms with van der Waals surface area (Å²) in [5, 5.41) is 8.90. The Hall–Kier alpha value is -1.60. The Morgan fingerprint density at radius 2 is 1.94 bits per heavy atom. The van der Waals surface area contributed by atoms with Crippen LogP contribution in [0.5, 0.6) is 0 Å². The number of benzene rings is 1. The van der Waals surface area contributed by atoms with Crippen LogP contribution in [0.25, 0.3) is 0 Å². The lowest BCUT2D eigenvalue weighted by molar-refractivity contribution is 0.0692. The summed E-state index contributed by atoms with van der Waals surface area (Å²) in [6, 6.07) is 3.66. The lowest BCUT2D eigenvalue weighted by Crippen LogP contribution is -2.24. The van der Waals surface area contributed by atoms with Gasteiger partial charge in [0.25, 0.3) is 0 Å². The molecule has 0 heterocycles. The van der Waals surface area contributed by atoms with Gasteiger partial charge in [-0.15, -0.1) is 0 Å². The van der Waals surface area contributed by atoms with Crippen LogP contribution >= 0.6 is 0 Å². The highest BCUT2D eigenvalue weighted by Gasteiger charge is 2.24. The van der Waals surface area contributed by atoms with Crippen LogP contribution in [-0.2, 0) is 10.0 Å². The Morgan fingerprint density at radius 3 is 2.38 bits per heavy atom. The Morgan fingerprint density at radius 1 is 1.38 bits per heavy atom. The van der Waals surface area contributed by atoms with E-state index in [9.17, 15) is 13.2 Å². The predicted molar refractivity (Wildman–Crippen MR) is 58.7 cm³/mol. The zero-order valence-electron chi connectivity index (χ0n) is 8.84. The normalized spacial score (nSPS) is 11.7. The lowest BCUT2D eigenvalue weighted by atomic mass is 10.2. The summed E-state index contributed by atoms with van der Waals surface area (Å²) in [5.74, 6) is -1.33. The number of carboxylic acid groups (broad SMARTS) is 1. The maximum absolute atomic E-state index is 11.8. The van der Waals surface area contributed by atoms with E-state index in [2.05, 4.69) is 0 Å². The van der Waals surface area contributed by atoms with Gasteiger partial charge >= 0.3 is 5.97 Å². The molecule has 16 heavy (non-hydrogen) atoms. The number of anilines is 1. The van der Waals surface area contributed by atoms with Crippen LogP contribution in [0.2, 0.25) is 0 Å². The number of nitrogens with zero attached hydrogens (tertiary/aromatic N) is 1. The average Bonchev–Trinajstić information content (AvgIpc) is 2.16. The molecule has 0 saturated heterocycles. The highest BCUT2D eigenvalue weighted by molar-refractivity contribution is 7.89. The molecule has 0 atom stereocenters. The van der Waals surface area contributed by atoms with Gasteiger partial charge in [-0.05, 0) is 18.2 Å². The van der Waals surface area contributed by atoms with E-state index >= 15 is 0 Å². The standard InChI is InChI=1S/C9H12N2O4S/c1-11(2)16(14,15)8-4-3-6(10)5-7(8)9(12)13/h3-5H,10H2,1-2H3,(H,12,13). The number of hydrogen-bond acceptors (Lipinski definition) is 4. The summed E-state index contributed by atoms with van der Waals surface area (Å²) in [6.45, 7) is 0. The monoisotopic (exact) mass is 244 g/mol. The number of sulfonamides is 1. The first-order chi connectivity index (χ1) is 7.26. The molecule has 1 rings (SSSR count). The van der Waals surface area contributed by atoms with Crippen LogP contribution < -0.4 is 5.73 Å². The molecule has 0 aromatic heterocycles. The Bertz CT molecular complexity index is 522. The third kappa shape index (κ3) is 2.15. The molecule has 0 aliphatic heterocycles. The van der Waals surface area contributed by atoms with Crippen molar-refractivity contribution in [3.8, 4) is 0 Å². The Labute approximate surface area is 93.3 Å². The molecule has 1 aromatic carbocycles. The molecule has 6 nitrogen and oxygen atoms in total. The van der Waals surface area contributed by atoms with Gasteiger partial charge in [-0.25, -0.2) is 17.5 Å². The zero-order valence-corrected chi connectivity index (χ0v) is 9.65. The molecule has 3 N–H and O–H groups in total. The van der Waals surface area contributed by atoms with Crippen molar-refractivity contribution >= 4 is 21.7 Å². The van der Waals surface area contributed by atoms with Crippen molar-refractivity contribution in [3.05, 3.63) is 23.8 Å². The molecule has 0 aliphatic rings. The van der Waals surface area contributed by atoms with Gasteiger partial charge in [0.15, 0.2) is 0 Å². The van der Waals surface area contributed by atoms with Crippen molar-refractivity contribution in [2.45, 2.75) is 4.90 Å². The first-order valence-electron chi connectivity index (χ1n) is 4.32. The van der Waals surface area contributed by atoms with Crippen molar-refractivity contribution in [2.75, 3.05) is 19.8 Å². The van der Waals surface area contributed by atoms with Crippen molar-refractivity contribution < 1.29 is 18.3 Å². The summed E-state index contributed by atoms with van der Waals surface area (Å²) in [6.07, 6.45) is 0. The number of carboxylic acids is 1. The Kier molecular flexibility index (Phi) is 3.20. The number of rotatable bonds is 3. The third-order valence-corrected chi connectivity index (χ3v) is 3.87. The number of nitrogens with two attached hydrogens (primary N) is 1. The van der Waals surface area contributed by atoms with Crippen LogP contribution in [0, 0.1) is 0 Å². The maximum Gasteiger partial charge on any atom is 0.337 e. The van der Waals surface area contributed by atoms with E-state index in [-0.39, 0.29) is 16.1 Å². The van der Waals surface area contributed by atoms with E-state index < -0.39 is 16.0 Å². The molecular formula is C9H12N2O4S. The molecule has 0 bridgehead atoms. The largest absolute Gasteiger partial charge is 0.478 e. The number of carbonyl (C=O) groups is 1. The summed E-state index contributed by atoms with van der Waals surface area (Å²) >= 11 is 0. The van der Waals surface area contributed by atoms with Crippen molar-refractivity contribution in [1.82, 2.24) is 4.31 Å². The van der Waals surface area contributed by atoms with E-state index in [0.717, 1.165) is 10.4 Å². The molecule has 0 fully saturated rings. The van der Waals surface area contributed by atoms with Gasteiger partial charge < -0.3 is 10.8 Å². The van der Waals surface area contributed by atoms with Gasteiger partial charge in [0, 0.05) is 19.8 Å². The zero-order chi connectivity index (χ0) is 12.5. The van der Waals surface area contributed by atoms with Gasteiger partial charge in [0.05, 0.1) is 10.5 Å². The highest BCUT2D eigenvalue weighted by atomic mass is 32.2. The van der Waals surface area contributed by atoms with E-state index in [0.29, 0.717) is 0 Å². The number of hydrogen-bond donors (Lipinski definition) is 2. The maximum atomic E-state index is 11.8. The molecule has 88 valence electrons. The van der Waals surface area contributed by atoms with E-state index in [1.165, 1.54) is 26.2 Å². The third-order valence-electron chi connectivity index (χ3n) is 1.99. The molecule has 0 amide bonds. The molecule has 0 aliphatic carbocycles. The van der Waals surface area contributed by atoms with Gasteiger partial charge in [0.1, 0.15) is 0 Å². The smallest absolute Gasteiger partial charge is 0.337 e. The second-order valence-corrected chi connectivity index (χ2v) is 5.47. The molecule has 0 saturated carbocycles. The first-order valence-corrected chi connectivity index (χ1v) is 5.76. The fourth-order valence-electron chi connectivity index (χ4n) is 1.14. The van der Waals surface area contributed by atoms with Crippen LogP contribution in [0.4, 0.5) is 5.69 Å². The molecule has 0 spiro atoms. The average molecular weight is 244 g/mol. The SMILES string of the molecule is CN(C)S(=O)(=O)c1ccc(N)cc1C(=O)O.